The van der Waals surface area contributed by atoms with Crippen LogP contribution in [0.3, 0.4) is 0 Å². The molecule has 8 nitrogen and oxygen atoms in total. The molecule has 3 rings (SSSR count). The Kier molecular flexibility index (Phi) is 9.18. The number of benzene rings is 2. The topological polar surface area (TPSA) is 87.5 Å². The molecule has 1 amide bonds. The largest absolute Gasteiger partial charge is 0.495 e. The quantitative estimate of drug-likeness (QED) is 0.306. The molecule has 3 aromatic rings. The SMILES string of the molecule is CCn1c(SCC(=O)Nc2cc(OC)c(Cl)cc2OC)nnc1C(C)Oc1ccc(Cl)cc1Cl. The van der Waals surface area contributed by atoms with Crippen molar-refractivity contribution in [3.8, 4) is 17.2 Å². The van der Waals surface area contributed by atoms with E-state index in [2.05, 4.69) is 15.5 Å². The number of hydrogen-bond acceptors (Lipinski definition) is 7. The lowest BCUT2D eigenvalue weighted by molar-refractivity contribution is -0.113. The molecule has 0 spiro atoms. The van der Waals surface area contributed by atoms with E-state index in [0.717, 1.165) is 0 Å². The van der Waals surface area contributed by atoms with Crippen molar-refractivity contribution in [2.75, 3.05) is 25.3 Å². The summed E-state index contributed by atoms with van der Waals surface area (Å²) in [7, 11) is 2.99. The molecular formula is C22H23Cl3N4O4S. The molecule has 182 valence electrons. The van der Waals surface area contributed by atoms with Gasteiger partial charge in [-0.3, -0.25) is 4.79 Å². The summed E-state index contributed by atoms with van der Waals surface area (Å²) in [4.78, 5) is 12.6. The zero-order valence-electron chi connectivity index (χ0n) is 18.9. The molecule has 34 heavy (non-hydrogen) atoms. The van der Waals surface area contributed by atoms with Crippen LogP contribution in [0.4, 0.5) is 5.69 Å². The third kappa shape index (κ3) is 6.21. The lowest BCUT2D eigenvalue weighted by Gasteiger charge is -2.16. The lowest BCUT2D eigenvalue weighted by Crippen LogP contribution is -2.16. The number of anilines is 1. The number of nitrogens with zero attached hydrogens (tertiary/aromatic N) is 3. The predicted octanol–water partition coefficient (Wildman–Crippen LogP) is 6.15. The number of rotatable bonds is 10. The van der Waals surface area contributed by atoms with Crippen LogP contribution in [0.25, 0.3) is 0 Å². The van der Waals surface area contributed by atoms with Crippen molar-refractivity contribution in [2.24, 2.45) is 0 Å². The first-order valence-electron chi connectivity index (χ1n) is 10.2. The average Bonchev–Trinajstić information content (AvgIpc) is 3.23. The van der Waals surface area contributed by atoms with E-state index in [9.17, 15) is 4.79 Å². The number of halogens is 3. The molecule has 0 aliphatic carbocycles. The van der Waals surface area contributed by atoms with Gasteiger partial charge in [0.2, 0.25) is 5.91 Å². The second-order valence-corrected chi connectivity index (χ2v) is 9.14. The van der Waals surface area contributed by atoms with Gasteiger partial charge in [0.1, 0.15) is 17.2 Å². The van der Waals surface area contributed by atoms with Gasteiger partial charge in [-0.2, -0.15) is 0 Å². The Bertz CT molecular complexity index is 1180. The maximum atomic E-state index is 12.6. The fraction of sp³-hybridized carbons (Fsp3) is 0.318. The van der Waals surface area contributed by atoms with Crippen molar-refractivity contribution < 1.29 is 19.0 Å². The van der Waals surface area contributed by atoms with Crippen LogP contribution in [-0.2, 0) is 11.3 Å². The van der Waals surface area contributed by atoms with Gasteiger partial charge in [-0.1, -0.05) is 46.6 Å². The summed E-state index contributed by atoms with van der Waals surface area (Å²) in [5, 5.41) is 13.2. The molecule has 1 N–H and O–H groups in total. The molecule has 1 unspecified atom stereocenters. The molecule has 1 aromatic heterocycles. The number of thioether (sulfide) groups is 1. The van der Waals surface area contributed by atoms with Gasteiger partial charge in [-0.25, -0.2) is 0 Å². The van der Waals surface area contributed by atoms with Crippen molar-refractivity contribution in [1.82, 2.24) is 14.8 Å². The van der Waals surface area contributed by atoms with E-state index in [0.29, 0.717) is 55.5 Å². The Balaban J connectivity index is 1.68. The number of aromatic nitrogens is 3. The van der Waals surface area contributed by atoms with Crippen LogP contribution >= 0.6 is 46.6 Å². The van der Waals surface area contributed by atoms with Gasteiger partial charge in [0, 0.05) is 23.7 Å². The third-order valence-electron chi connectivity index (χ3n) is 4.70. The van der Waals surface area contributed by atoms with Crippen LogP contribution in [0, 0.1) is 0 Å². The first-order chi connectivity index (χ1) is 16.3. The molecule has 0 bridgehead atoms. The highest BCUT2D eigenvalue weighted by Gasteiger charge is 2.21. The van der Waals surface area contributed by atoms with Crippen LogP contribution < -0.4 is 19.5 Å². The van der Waals surface area contributed by atoms with Crippen molar-refractivity contribution in [3.63, 3.8) is 0 Å². The summed E-state index contributed by atoms with van der Waals surface area (Å²) < 4.78 is 18.4. The van der Waals surface area contributed by atoms with E-state index >= 15 is 0 Å². The molecule has 1 atom stereocenters. The minimum absolute atomic E-state index is 0.102. The second-order valence-electron chi connectivity index (χ2n) is 6.94. The van der Waals surface area contributed by atoms with Gasteiger partial charge in [0.15, 0.2) is 17.1 Å². The molecule has 0 aliphatic rings. The molecule has 1 heterocycles. The van der Waals surface area contributed by atoms with Gasteiger partial charge in [-0.05, 0) is 32.0 Å². The van der Waals surface area contributed by atoms with Crippen molar-refractivity contribution >= 4 is 58.2 Å². The number of carbonyl (C=O) groups is 1. The van der Waals surface area contributed by atoms with E-state index < -0.39 is 6.10 Å². The summed E-state index contributed by atoms with van der Waals surface area (Å²) in [6.07, 6.45) is -0.430. The predicted molar refractivity (Wildman–Crippen MR) is 135 cm³/mol. The molecule has 0 fully saturated rings. The number of amides is 1. The van der Waals surface area contributed by atoms with E-state index in [1.54, 1.807) is 30.3 Å². The highest BCUT2D eigenvalue weighted by Crippen LogP contribution is 2.36. The van der Waals surface area contributed by atoms with E-state index in [1.165, 1.54) is 26.0 Å². The zero-order chi connectivity index (χ0) is 24.8. The smallest absolute Gasteiger partial charge is 0.234 e. The van der Waals surface area contributed by atoms with Gasteiger partial charge in [0.25, 0.3) is 0 Å². The molecule has 0 aliphatic heterocycles. The Morgan fingerprint density at radius 2 is 1.76 bits per heavy atom. The maximum Gasteiger partial charge on any atom is 0.234 e. The Hall–Kier alpha value is -2.33. The lowest BCUT2D eigenvalue weighted by atomic mass is 10.2. The number of hydrogen-bond donors (Lipinski definition) is 1. The number of nitrogens with one attached hydrogen (secondary N) is 1. The highest BCUT2D eigenvalue weighted by molar-refractivity contribution is 7.99. The normalized spacial score (nSPS) is 11.7. The molecule has 2 aromatic carbocycles. The fourth-order valence-corrected chi connectivity index (χ4v) is 4.59. The van der Waals surface area contributed by atoms with Crippen LogP contribution in [0.15, 0.2) is 35.5 Å². The summed E-state index contributed by atoms with van der Waals surface area (Å²) in [6.45, 7) is 4.41. The molecular weight excluding hydrogens is 523 g/mol. The van der Waals surface area contributed by atoms with Crippen LogP contribution in [-0.4, -0.2) is 40.6 Å². The molecule has 12 heteroatoms. The maximum absolute atomic E-state index is 12.6. The van der Waals surface area contributed by atoms with E-state index in [1.807, 2.05) is 18.4 Å². The Morgan fingerprint density at radius 3 is 2.41 bits per heavy atom. The van der Waals surface area contributed by atoms with Crippen LogP contribution in [0.5, 0.6) is 17.2 Å². The van der Waals surface area contributed by atoms with E-state index in [4.69, 9.17) is 49.0 Å². The highest BCUT2D eigenvalue weighted by atomic mass is 35.5. The Morgan fingerprint density at radius 1 is 1.06 bits per heavy atom. The summed E-state index contributed by atoms with van der Waals surface area (Å²) in [5.41, 5.74) is 0.453. The molecule has 0 radical (unpaired) electrons. The number of methoxy groups -OCH3 is 2. The minimum Gasteiger partial charge on any atom is -0.495 e. The summed E-state index contributed by atoms with van der Waals surface area (Å²) in [5.74, 6) is 1.80. The van der Waals surface area contributed by atoms with Gasteiger partial charge >= 0.3 is 0 Å². The van der Waals surface area contributed by atoms with E-state index in [-0.39, 0.29) is 11.7 Å². The van der Waals surface area contributed by atoms with Crippen molar-refractivity contribution in [1.29, 1.82) is 0 Å². The van der Waals surface area contributed by atoms with Gasteiger partial charge in [0.05, 0.1) is 35.7 Å². The first kappa shape index (κ1) is 26.3. The summed E-state index contributed by atoms with van der Waals surface area (Å²) in [6, 6.07) is 8.20. The van der Waals surface area contributed by atoms with Gasteiger partial charge in [-0.15, -0.1) is 10.2 Å². The monoisotopic (exact) mass is 544 g/mol. The van der Waals surface area contributed by atoms with Crippen molar-refractivity contribution in [2.45, 2.75) is 31.7 Å². The number of ether oxygens (including phenoxy) is 3. The van der Waals surface area contributed by atoms with Crippen molar-refractivity contribution in [3.05, 3.63) is 51.2 Å². The zero-order valence-corrected chi connectivity index (χ0v) is 22.0. The second kappa shape index (κ2) is 11.9. The third-order valence-corrected chi connectivity index (χ3v) is 6.50. The molecule has 0 saturated carbocycles. The Labute approximate surface area is 216 Å². The standard InChI is InChI=1S/C22H23Cl3N4O4S/c1-5-29-21(12(2)33-17-7-6-13(23)8-14(17)24)27-28-22(29)34-11-20(30)26-16-10-18(31-3)15(25)9-19(16)32-4/h6-10,12H,5,11H2,1-4H3,(H,26,30). The van der Waals surface area contributed by atoms with Crippen LogP contribution in [0.2, 0.25) is 15.1 Å². The minimum atomic E-state index is -0.430. The fourth-order valence-electron chi connectivity index (χ4n) is 3.09. The van der Waals surface area contributed by atoms with Crippen LogP contribution in [0.1, 0.15) is 25.8 Å². The molecule has 0 saturated heterocycles. The van der Waals surface area contributed by atoms with Gasteiger partial charge < -0.3 is 24.1 Å². The summed E-state index contributed by atoms with van der Waals surface area (Å²) >= 11 is 19.5. The average molecular weight is 546 g/mol. The first-order valence-corrected chi connectivity index (χ1v) is 12.3. The number of carbonyl (C=O) groups excluding carboxylic acids is 1.